The molecule has 0 saturated heterocycles. The van der Waals surface area contributed by atoms with Gasteiger partial charge in [-0.1, -0.05) is 302 Å². The molecular formula is C77H128O6. The van der Waals surface area contributed by atoms with Gasteiger partial charge in [-0.2, -0.15) is 0 Å². The SMILES string of the molecule is CC/C=C\C/C=C\C/C=C\C/C=C\CCCCCCCCCCCCCCCCCCCCCCCCC(=O)OCC(COC(=O)CCCCC/C=C\C/C=C\C/C=C\CC)OC(=O)CCCCCC/C=C\C/C=C\C/C=C\C/C=C\CC. The minimum atomic E-state index is -0.806. The minimum Gasteiger partial charge on any atom is -0.462 e. The van der Waals surface area contributed by atoms with Crippen LogP contribution >= 0.6 is 0 Å². The van der Waals surface area contributed by atoms with Gasteiger partial charge in [0.15, 0.2) is 6.10 Å². The molecule has 0 heterocycles. The number of rotatable bonds is 62. The summed E-state index contributed by atoms with van der Waals surface area (Å²) in [6, 6.07) is 0. The third-order valence-corrected chi connectivity index (χ3v) is 14.6. The maximum absolute atomic E-state index is 12.9. The fraction of sp³-hybridized carbons (Fsp3) is 0.675. The second-order valence-electron chi connectivity index (χ2n) is 22.6. The van der Waals surface area contributed by atoms with Gasteiger partial charge >= 0.3 is 17.9 Å². The van der Waals surface area contributed by atoms with Crippen molar-refractivity contribution in [3.8, 4) is 0 Å². The van der Waals surface area contributed by atoms with Gasteiger partial charge in [-0.25, -0.2) is 0 Å². The summed E-state index contributed by atoms with van der Waals surface area (Å²) in [5.41, 5.74) is 0. The monoisotopic (exact) mass is 1150 g/mol. The second-order valence-corrected chi connectivity index (χ2v) is 22.6. The van der Waals surface area contributed by atoms with Crippen molar-refractivity contribution in [1.82, 2.24) is 0 Å². The van der Waals surface area contributed by atoms with Crippen molar-refractivity contribution in [2.24, 2.45) is 0 Å². The van der Waals surface area contributed by atoms with Crippen LogP contribution < -0.4 is 0 Å². The summed E-state index contributed by atoms with van der Waals surface area (Å²) in [6.07, 6.45) is 99.3. The van der Waals surface area contributed by atoms with E-state index in [9.17, 15) is 14.4 Å². The normalized spacial score (nSPS) is 13.0. The molecule has 6 nitrogen and oxygen atoms in total. The maximum Gasteiger partial charge on any atom is 0.306 e. The zero-order valence-electron chi connectivity index (χ0n) is 54.2. The van der Waals surface area contributed by atoms with Gasteiger partial charge in [0.2, 0.25) is 0 Å². The maximum atomic E-state index is 12.9. The largest absolute Gasteiger partial charge is 0.462 e. The van der Waals surface area contributed by atoms with E-state index >= 15 is 0 Å². The average molecular weight is 1150 g/mol. The van der Waals surface area contributed by atoms with Crippen molar-refractivity contribution in [3.05, 3.63) is 134 Å². The highest BCUT2D eigenvalue weighted by Gasteiger charge is 2.19. The standard InChI is InChI=1S/C77H128O6/c1-4-7-10-13-16-19-22-25-27-29-30-31-32-33-34-35-36-37-38-39-40-41-42-43-44-45-46-48-49-52-55-58-61-64-67-70-76(79)82-73-74(72-81-75(78)69-66-63-60-57-54-51-24-21-18-15-12-9-6-3)83-77(80)71-68-65-62-59-56-53-50-47-28-26-23-20-17-14-11-8-5-2/h7-12,16-21,25-28,30-31,50-51,53-54,74H,4-6,13-15,22-24,29,32-49,52,55-73H2,1-3H3/b10-7-,11-8-,12-9-,19-16-,20-17-,21-18-,27-25-,28-26-,31-30-,53-50-,54-51-. The Morgan fingerprint density at radius 3 is 0.687 bits per heavy atom. The second kappa shape index (κ2) is 70.0. The number of hydrogen-bond donors (Lipinski definition) is 0. The van der Waals surface area contributed by atoms with E-state index in [1.807, 2.05) is 0 Å². The van der Waals surface area contributed by atoms with E-state index in [0.29, 0.717) is 19.3 Å². The number of esters is 3. The van der Waals surface area contributed by atoms with Gasteiger partial charge < -0.3 is 14.2 Å². The molecule has 0 N–H and O–H groups in total. The first-order chi connectivity index (χ1) is 41.0. The Balaban J connectivity index is 4.16. The predicted molar refractivity (Wildman–Crippen MR) is 362 cm³/mol. The number of unbranched alkanes of at least 4 members (excludes halogenated alkanes) is 29. The number of allylic oxidation sites excluding steroid dienone is 22. The smallest absolute Gasteiger partial charge is 0.306 e. The van der Waals surface area contributed by atoms with Crippen LogP contribution in [0.2, 0.25) is 0 Å². The molecule has 0 saturated carbocycles. The minimum absolute atomic E-state index is 0.0977. The Morgan fingerprint density at radius 2 is 0.434 bits per heavy atom. The Labute approximate surface area is 513 Å². The zero-order chi connectivity index (χ0) is 59.9. The highest BCUT2D eigenvalue weighted by molar-refractivity contribution is 5.71. The molecule has 0 aliphatic rings. The van der Waals surface area contributed by atoms with Crippen LogP contribution in [0, 0.1) is 0 Å². The lowest BCUT2D eigenvalue weighted by atomic mass is 10.0. The van der Waals surface area contributed by atoms with Gasteiger partial charge in [0, 0.05) is 19.3 Å². The molecule has 0 aliphatic carbocycles. The lowest BCUT2D eigenvalue weighted by Crippen LogP contribution is -2.30. The van der Waals surface area contributed by atoms with Crippen LogP contribution in [0.4, 0.5) is 0 Å². The van der Waals surface area contributed by atoms with Crippen molar-refractivity contribution in [2.45, 2.75) is 322 Å². The molecule has 0 fully saturated rings. The number of hydrogen-bond acceptors (Lipinski definition) is 6. The number of ether oxygens (including phenoxy) is 3. The van der Waals surface area contributed by atoms with E-state index in [4.69, 9.17) is 14.2 Å². The Morgan fingerprint density at radius 1 is 0.241 bits per heavy atom. The Kier molecular flexibility index (Phi) is 66.3. The molecule has 0 bridgehead atoms. The highest BCUT2D eigenvalue weighted by atomic mass is 16.6. The van der Waals surface area contributed by atoms with E-state index in [1.54, 1.807) is 0 Å². The zero-order valence-corrected chi connectivity index (χ0v) is 54.2. The summed E-state index contributed by atoms with van der Waals surface area (Å²) in [6.45, 7) is 6.27. The van der Waals surface area contributed by atoms with Crippen LogP contribution in [0.25, 0.3) is 0 Å². The molecule has 0 aromatic carbocycles. The van der Waals surface area contributed by atoms with Gasteiger partial charge in [-0.05, 0) is 128 Å². The molecule has 0 amide bonds. The van der Waals surface area contributed by atoms with Crippen molar-refractivity contribution in [3.63, 3.8) is 0 Å². The van der Waals surface area contributed by atoms with E-state index in [0.717, 1.165) is 148 Å². The summed E-state index contributed by atoms with van der Waals surface area (Å²) < 4.78 is 16.9. The summed E-state index contributed by atoms with van der Waals surface area (Å²) in [5.74, 6) is -0.945. The van der Waals surface area contributed by atoms with Crippen molar-refractivity contribution in [1.29, 1.82) is 0 Å². The van der Waals surface area contributed by atoms with Crippen LogP contribution in [-0.4, -0.2) is 37.2 Å². The molecule has 0 aliphatic heterocycles. The highest BCUT2D eigenvalue weighted by Crippen LogP contribution is 2.17. The van der Waals surface area contributed by atoms with Crippen molar-refractivity contribution >= 4 is 17.9 Å². The molecule has 0 radical (unpaired) electrons. The average Bonchev–Trinajstić information content (AvgIpc) is 3.49. The topological polar surface area (TPSA) is 78.9 Å². The number of carbonyl (C=O) groups is 3. The summed E-state index contributed by atoms with van der Waals surface area (Å²) in [7, 11) is 0. The molecule has 1 atom stereocenters. The first-order valence-corrected chi connectivity index (χ1v) is 34.7. The molecule has 83 heavy (non-hydrogen) atoms. The van der Waals surface area contributed by atoms with Crippen LogP contribution in [0.1, 0.15) is 316 Å². The van der Waals surface area contributed by atoms with Gasteiger partial charge in [-0.15, -0.1) is 0 Å². The molecule has 1 unspecified atom stereocenters. The van der Waals surface area contributed by atoms with Gasteiger partial charge in [0.25, 0.3) is 0 Å². The molecular weight excluding hydrogens is 1020 g/mol. The summed E-state index contributed by atoms with van der Waals surface area (Å²) >= 11 is 0. The lowest BCUT2D eigenvalue weighted by molar-refractivity contribution is -0.167. The summed E-state index contributed by atoms with van der Waals surface area (Å²) in [4.78, 5) is 38.3. The van der Waals surface area contributed by atoms with E-state index in [1.165, 1.54) is 128 Å². The molecule has 0 spiro atoms. The van der Waals surface area contributed by atoms with Crippen LogP contribution in [0.3, 0.4) is 0 Å². The third-order valence-electron chi connectivity index (χ3n) is 14.6. The Bertz CT molecular complexity index is 1750. The van der Waals surface area contributed by atoms with Crippen LogP contribution in [0.5, 0.6) is 0 Å². The molecule has 6 heteroatoms. The predicted octanol–water partition coefficient (Wildman–Crippen LogP) is 24.1. The third kappa shape index (κ3) is 68.2. The van der Waals surface area contributed by atoms with E-state index in [-0.39, 0.29) is 31.1 Å². The number of carbonyl (C=O) groups excluding carboxylic acids is 3. The van der Waals surface area contributed by atoms with Gasteiger partial charge in [0.05, 0.1) is 0 Å². The first-order valence-electron chi connectivity index (χ1n) is 34.7. The fourth-order valence-electron chi connectivity index (χ4n) is 9.56. The lowest BCUT2D eigenvalue weighted by Gasteiger charge is -2.18. The van der Waals surface area contributed by atoms with Crippen LogP contribution in [-0.2, 0) is 28.6 Å². The fourth-order valence-corrected chi connectivity index (χ4v) is 9.56. The molecule has 0 aromatic heterocycles. The van der Waals surface area contributed by atoms with Crippen molar-refractivity contribution in [2.75, 3.05) is 13.2 Å². The molecule has 472 valence electrons. The van der Waals surface area contributed by atoms with E-state index in [2.05, 4.69) is 154 Å². The summed E-state index contributed by atoms with van der Waals surface area (Å²) in [5, 5.41) is 0. The van der Waals surface area contributed by atoms with E-state index < -0.39 is 6.10 Å². The Hall–Kier alpha value is -4.45. The van der Waals surface area contributed by atoms with Gasteiger partial charge in [0.1, 0.15) is 13.2 Å². The van der Waals surface area contributed by atoms with Crippen molar-refractivity contribution < 1.29 is 28.6 Å². The quantitative estimate of drug-likeness (QED) is 0.0261. The van der Waals surface area contributed by atoms with Crippen LogP contribution in [0.15, 0.2) is 134 Å². The first kappa shape index (κ1) is 78.5. The van der Waals surface area contributed by atoms with Gasteiger partial charge in [-0.3, -0.25) is 14.4 Å². The molecule has 0 aromatic rings. The molecule has 0 rings (SSSR count).